The second kappa shape index (κ2) is 3.09. The minimum Gasteiger partial charge on any atom is -0.301 e. The number of hydrogen-bond acceptors (Lipinski definition) is 4. The molecular weight excluding hydrogens is 188 g/mol. The number of H-pyrrole nitrogens is 1. The highest BCUT2D eigenvalue weighted by molar-refractivity contribution is 7.71. The summed E-state index contributed by atoms with van der Waals surface area (Å²) in [4.78, 5) is 0. The van der Waals surface area contributed by atoms with Crippen molar-refractivity contribution in [3.8, 4) is 0 Å². The lowest BCUT2D eigenvalue weighted by atomic mass is 10.4. The van der Waals surface area contributed by atoms with E-state index in [4.69, 9.17) is 12.2 Å². The minimum atomic E-state index is 0.598. The molecule has 0 aliphatic carbocycles. The van der Waals surface area contributed by atoms with Crippen molar-refractivity contribution < 1.29 is 0 Å². The number of rotatable bonds is 2. The van der Waals surface area contributed by atoms with Gasteiger partial charge in [-0.3, -0.25) is 9.78 Å². The highest BCUT2D eigenvalue weighted by Gasteiger charge is 2.01. The zero-order valence-corrected chi connectivity index (χ0v) is 7.82. The largest absolute Gasteiger partial charge is 0.301 e. The molecule has 7 heteroatoms. The van der Waals surface area contributed by atoms with E-state index in [0.717, 1.165) is 5.69 Å². The van der Waals surface area contributed by atoms with Gasteiger partial charge in [0.2, 0.25) is 0 Å². The van der Waals surface area contributed by atoms with Gasteiger partial charge in [0.25, 0.3) is 0 Å². The number of nitrogens with zero attached hydrogens (tertiary/aromatic N) is 5. The Bertz CT molecular complexity index is 451. The molecule has 0 aliphatic heterocycles. The van der Waals surface area contributed by atoms with Crippen molar-refractivity contribution in [1.82, 2.24) is 29.8 Å². The first-order valence-electron chi connectivity index (χ1n) is 3.71. The Morgan fingerprint density at radius 2 is 2.46 bits per heavy atom. The van der Waals surface area contributed by atoms with Crippen molar-refractivity contribution in [2.75, 3.05) is 0 Å². The number of aromatic amines is 1. The van der Waals surface area contributed by atoms with Gasteiger partial charge in [-0.2, -0.15) is 5.10 Å². The van der Waals surface area contributed by atoms with Crippen molar-refractivity contribution >= 4 is 12.2 Å². The fourth-order valence-corrected chi connectivity index (χ4v) is 1.18. The molecule has 2 rings (SSSR count). The Hall–Kier alpha value is -1.50. The van der Waals surface area contributed by atoms with Crippen LogP contribution in [0.15, 0.2) is 12.5 Å². The molecule has 0 radical (unpaired) electrons. The van der Waals surface area contributed by atoms with Crippen LogP contribution < -0.4 is 0 Å². The molecule has 0 saturated carbocycles. The smallest absolute Gasteiger partial charge is 0.195 e. The molecule has 0 saturated heterocycles. The average Bonchev–Trinajstić information content (AvgIpc) is 2.65. The van der Waals surface area contributed by atoms with Gasteiger partial charge in [-0.15, -0.1) is 5.10 Å². The third kappa shape index (κ3) is 1.50. The van der Waals surface area contributed by atoms with Crippen LogP contribution in [0, 0.1) is 4.77 Å². The molecular formula is C6H8N6S. The van der Waals surface area contributed by atoms with Gasteiger partial charge in [-0.25, -0.2) is 0 Å². The molecule has 0 unspecified atom stereocenters. The van der Waals surface area contributed by atoms with E-state index in [0.29, 0.717) is 11.3 Å². The lowest BCUT2D eigenvalue weighted by Crippen LogP contribution is -2.04. The van der Waals surface area contributed by atoms with E-state index >= 15 is 0 Å². The van der Waals surface area contributed by atoms with Gasteiger partial charge in [-0.1, -0.05) is 5.21 Å². The van der Waals surface area contributed by atoms with Crippen molar-refractivity contribution in [3.05, 3.63) is 23.0 Å². The predicted octanol–water partition coefficient (Wildman–Crippen LogP) is 0.117. The van der Waals surface area contributed by atoms with Crippen LogP contribution in [0.3, 0.4) is 0 Å². The Morgan fingerprint density at radius 3 is 3.00 bits per heavy atom. The van der Waals surface area contributed by atoms with Gasteiger partial charge in [0.15, 0.2) is 4.77 Å². The minimum absolute atomic E-state index is 0.598. The number of aryl methyl sites for hydroxylation is 1. The molecule has 6 nitrogen and oxygen atoms in total. The van der Waals surface area contributed by atoms with E-state index in [1.54, 1.807) is 17.2 Å². The first-order valence-corrected chi connectivity index (χ1v) is 4.11. The maximum atomic E-state index is 5.00. The number of hydrogen-bond donors (Lipinski definition) is 1. The number of aromatic nitrogens is 6. The zero-order valence-electron chi connectivity index (χ0n) is 7.01. The molecule has 13 heavy (non-hydrogen) atoms. The number of nitrogens with one attached hydrogen (secondary N) is 1. The molecule has 0 atom stereocenters. The monoisotopic (exact) mass is 196 g/mol. The summed E-state index contributed by atoms with van der Waals surface area (Å²) in [6.45, 7) is 0.638. The Morgan fingerprint density at radius 1 is 1.62 bits per heavy atom. The Kier molecular flexibility index (Phi) is 1.93. The van der Waals surface area contributed by atoms with Crippen molar-refractivity contribution in [3.63, 3.8) is 0 Å². The molecule has 0 aliphatic rings. The molecule has 0 fully saturated rings. The lowest BCUT2D eigenvalue weighted by Gasteiger charge is -1.99. The highest BCUT2D eigenvalue weighted by atomic mass is 32.1. The molecule has 2 heterocycles. The molecule has 2 aromatic heterocycles. The summed E-state index contributed by atoms with van der Waals surface area (Å²) in [7, 11) is 1.84. The maximum Gasteiger partial charge on any atom is 0.195 e. The SMILES string of the molecule is Cn1nncc1Cn1cn[nH]c1=S. The van der Waals surface area contributed by atoms with Crippen LogP contribution in [0.4, 0.5) is 0 Å². The van der Waals surface area contributed by atoms with Gasteiger partial charge in [0, 0.05) is 7.05 Å². The summed E-state index contributed by atoms with van der Waals surface area (Å²) in [5, 5.41) is 14.1. The van der Waals surface area contributed by atoms with Gasteiger partial charge < -0.3 is 4.57 Å². The molecule has 68 valence electrons. The molecule has 0 bridgehead atoms. The van der Waals surface area contributed by atoms with Crippen molar-refractivity contribution in [1.29, 1.82) is 0 Å². The second-order valence-corrected chi connectivity index (χ2v) is 3.03. The summed E-state index contributed by atoms with van der Waals surface area (Å²) in [5.74, 6) is 0. The molecule has 0 amide bonds. The second-order valence-electron chi connectivity index (χ2n) is 2.64. The van der Waals surface area contributed by atoms with Crippen LogP contribution in [0.2, 0.25) is 0 Å². The van der Waals surface area contributed by atoms with Crippen LogP contribution in [0.25, 0.3) is 0 Å². The first kappa shape index (κ1) is 8.11. The van der Waals surface area contributed by atoms with Gasteiger partial charge in [-0.05, 0) is 12.2 Å². The topological polar surface area (TPSA) is 64.3 Å². The third-order valence-corrected chi connectivity index (χ3v) is 2.08. The first-order chi connectivity index (χ1) is 6.27. The van der Waals surface area contributed by atoms with E-state index in [1.165, 1.54) is 0 Å². The predicted molar refractivity (Wildman–Crippen MR) is 47.5 cm³/mol. The van der Waals surface area contributed by atoms with E-state index in [9.17, 15) is 0 Å². The summed E-state index contributed by atoms with van der Waals surface area (Å²) in [6, 6.07) is 0. The van der Waals surface area contributed by atoms with Crippen molar-refractivity contribution in [2.45, 2.75) is 6.54 Å². The van der Waals surface area contributed by atoms with Crippen LogP contribution in [-0.2, 0) is 13.6 Å². The zero-order chi connectivity index (χ0) is 9.26. The Labute approximate surface area is 79.2 Å². The fraction of sp³-hybridized carbons (Fsp3) is 0.333. The van der Waals surface area contributed by atoms with E-state index < -0.39 is 0 Å². The van der Waals surface area contributed by atoms with E-state index in [-0.39, 0.29) is 0 Å². The Balaban J connectivity index is 2.29. The van der Waals surface area contributed by atoms with Gasteiger partial charge in [0.05, 0.1) is 18.4 Å². The van der Waals surface area contributed by atoms with E-state index in [2.05, 4.69) is 20.5 Å². The van der Waals surface area contributed by atoms with Crippen LogP contribution in [0.1, 0.15) is 5.69 Å². The van der Waals surface area contributed by atoms with Gasteiger partial charge in [0.1, 0.15) is 6.33 Å². The fourth-order valence-electron chi connectivity index (χ4n) is 1.01. The maximum absolute atomic E-state index is 5.00. The summed E-state index contributed by atoms with van der Waals surface area (Å²) in [6.07, 6.45) is 3.35. The normalized spacial score (nSPS) is 10.5. The van der Waals surface area contributed by atoms with Crippen molar-refractivity contribution in [2.24, 2.45) is 7.05 Å². The van der Waals surface area contributed by atoms with Crippen LogP contribution in [0.5, 0.6) is 0 Å². The molecule has 2 aromatic rings. The van der Waals surface area contributed by atoms with Gasteiger partial charge >= 0.3 is 0 Å². The molecule has 0 spiro atoms. The van der Waals surface area contributed by atoms with Crippen LogP contribution in [-0.4, -0.2) is 29.8 Å². The molecule has 0 aromatic carbocycles. The average molecular weight is 196 g/mol. The highest BCUT2D eigenvalue weighted by Crippen LogP contribution is 1.98. The lowest BCUT2D eigenvalue weighted by molar-refractivity contribution is 0.644. The standard InChI is InChI=1S/C6H8N6S/c1-11-5(2-7-10-11)3-12-4-8-9-6(12)13/h2,4H,3H2,1H3,(H,9,13). The van der Waals surface area contributed by atoms with E-state index in [1.807, 2.05) is 11.6 Å². The summed E-state index contributed by atoms with van der Waals surface area (Å²) in [5.41, 5.74) is 0.984. The quantitative estimate of drug-likeness (QED) is 0.693. The summed E-state index contributed by atoms with van der Waals surface area (Å²) >= 11 is 5.00. The van der Waals surface area contributed by atoms with Crippen LogP contribution >= 0.6 is 12.2 Å². The third-order valence-electron chi connectivity index (χ3n) is 1.76. The molecule has 1 N–H and O–H groups in total. The summed E-state index contributed by atoms with van der Waals surface area (Å²) < 4.78 is 4.12.